The maximum atomic E-state index is 11.5. The normalized spacial score (nSPS) is 14.1. The summed E-state index contributed by atoms with van der Waals surface area (Å²) in [6.45, 7) is 2.74. The van der Waals surface area contributed by atoms with Crippen molar-refractivity contribution < 1.29 is 14.4 Å². The number of hydrogen-bond donors (Lipinski definition) is 3. The van der Waals surface area contributed by atoms with E-state index in [2.05, 4.69) is 16.0 Å². The molecule has 0 atom stereocenters. The van der Waals surface area contributed by atoms with E-state index >= 15 is 0 Å². The molecule has 7 heteroatoms. The molecule has 0 aromatic carbocycles. The molecule has 4 amide bonds. The largest absolute Gasteiger partial charge is 0.355 e. The van der Waals surface area contributed by atoms with Crippen LogP contribution in [-0.4, -0.2) is 55.5 Å². The van der Waals surface area contributed by atoms with Crippen LogP contribution in [0, 0.1) is 0 Å². The third kappa shape index (κ3) is 7.40. The van der Waals surface area contributed by atoms with Crippen molar-refractivity contribution in [1.29, 1.82) is 0 Å². The molecule has 3 N–H and O–H groups in total. The Hall–Kier alpha value is -1.63. The quantitative estimate of drug-likeness (QED) is 0.578. The van der Waals surface area contributed by atoms with Gasteiger partial charge in [0.2, 0.25) is 11.8 Å². The van der Waals surface area contributed by atoms with E-state index in [1.54, 1.807) is 11.9 Å². The molecule has 1 fully saturated rings. The van der Waals surface area contributed by atoms with Crippen LogP contribution in [0.15, 0.2) is 0 Å². The fraction of sp³-hybridized carbons (Fsp3) is 0.750. The smallest absolute Gasteiger partial charge is 0.321 e. The molecule has 19 heavy (non-hydrogen) atoms. The van der Waals surface area contributed by atoms with Crippen molar-refractivity contribution in [1.82, 2.24) is 20.9 Å². The average Bonchev–Trinajstić information content (AvgIpc) is 3.09. The van der Waals surface area contributed by atoms with E-state index in [4.69, 9.17) is 0 Å². The summed E-state index contributed by atoms with van der Waals surface area (Å²) in [5.74, 6) is -0.538. The minimum Gasteiger partial charge on any atom is -0.355 e. The van der Waals surface area contributed by atoms with Gasteiger partial charge in [0.1, 0.15) is 0 Å². The third-order valence-electron chi connectivity index (χ3n) is 2.56. The van der Waals surface area contributed by atoms with Crippen LogP contribution in [0.2, 0.25) is 0 Å². The standard InChI is InChI=1S/C12H22N4O3/c1-3-6-13-10(17)7-16(2)8-11(18)15-12(19)14-9-4-5-9/h9H,3-8H2,1-2H3,(H,13,17)(H2,14,15,18,19). The fourth-order valence-electron chi connectivity index (χ4n) is 1.48. The van der Waals surface area contributed by atoms with Gasteiger partial charge in [-0.15, -0.1) is 0 Å². The van der Waals surface area contributed by atoms with Crippen molar-refractivity contribution in [3.63, 3.8) is 0 Å². The number of imide groups is 1. The summed E-state index contributed by atoms with van der Waals surface area (Å²) in [4.78, 5) is 35.8. The molecule has 0 aromatic heterocycles. The molecule has 1 aliphatic carbocycles. The number of hydrogen-bond acceptors (Lipinski definition) is 4. The highest BCUT2D eigenvalue weighted by Gasteiger charge is 2.24. The number of rotatable bonds is 7. The second-order valence-electron chi connectivity index (χ2n) is 4.82. The van der Waals surface area contributed by atoms with E-state index in [0.717, 1.165) is 19.3 Å². The lowest BCUT2D eigenvalue weighted by molar-refractivity contribution is -0.124. The molecule has 0 aliphatic heterocycles. The predicted molar refractivity (Wildman–Crippen MR) is 70.5 cm³/mol. The second kappa shape index (κ2) is 7.73. The van der Waals surface area contributed by atoms with Gasteiger partial charge in [-0.3, -0.25) is 19.8 Å². The topological polar surface area (TPSA) is 90.5 Å². The van der Waals surface area contributed by atoms with Crippen LogP contribution in [0.25, 0.3) is 0 Å². The summed E-state index contributed by atoms with van der Waals surface area (Å²) in [5, 5.41) is 7.61. The number of carbonyl (C=O) groups excluding carboxylic acids is 3. The lowest BCUT2D eigenvalue weighted by Gasteiger charge is -2.15. The number of urea groups is 1. The Morgan fingerprint density at radius 3 is 2.37 bits per heavy atom. The number of likely N-dealkylation sites (N-methyl/N-ethyl adjacent to an activating group) is 1. The molecule has 0 radical (unpaired) electrons. The van der Waals surface area contributed by atoms with Crippen molar-refractivity contribution in [2.45, 2.75) is 32.2 Å². The SMILES string of the molecule is CCCNC(=O)CN(C)CC(=O)NC(=O)NC1CC1. The van der Waals surface area contributed by atoms with Crippen LogP contribution >= 0.6 is 0 Å². The molecule has 0 unspecified atom stereocenters. The first kappa shape index (κ1) is 15.4. The molecular formula is C12H22N4O3. The molecule has 108 valence electrons. The molecule has 0 heterocycles. The van der Waals surface area contributed by atoms with Crippen LogP contribution in [0.1, 0.15) is 26.2 Å². The molecular weight excluding hydrogens is 248 g/mol. The monoisotopic (exact) mass is 270 g/mol. The third-order valence-corrected chi connectivity index (χ3v) is 2.56. The Labute approximate surface area is 113 Å². The molecule has 1 aliphatic rings. The average molecular weight is 270 g/mol. The first-order valence-electron chi connectivity index (χ1n) is 6.56. The van der Waals surface area contributed by atoms with E-state index < -0.39 is 11.9 Å². The molecule has 7 nitrogen and oxygen atoms in total. The molecule has 0 spiro atoms. The van der Waals surface area contributed by atoms with Gasteiger partial charge in [-0.1, -0.05) is 6.92 Å². The van der Waals surface area contributed by atoms with Gasteiger partial charge in [-0.25, -0.2) is 4.79 Å². The van der Waals surface area contributed by atoms with Crippen molar-refractivity contribution in [3.05, 3.63) is 0 Å². The zero-order chi connectivity index (χ0) is 14.3. The summed E-state index contributed by atoms with van der Waals surface area (Å²) >= 11 is 0. The Morgan fingerprint density at radius 1 is 1.16 bits per heavy atom. The van der Waals surface area contributed by atoms with E-state index in [9.17, 15) is 14.4 Å². The number of carbonyl (C=O) groups is 3. The fourth-order valence-corrected chi connectivity index (χ4v) is 1.48. The number of nitrogens with zero attached hydrogens (tertiary/aromatic N) is 1. The van der Waals surface area contributed by atoms with E-state index in [1.165, 1.54) is 0 Å². The summed E-state index contributed by atoms with van der Waals surface area (Å²) in [5.41, 5.74) is 0. The van der Waals surface area contributed by atoms with Crippen LogP contribution < -0.4 is 16.0 Å². The van der Waals surface area contributed by atoms with Crippen molar-refractivity contribution in [3.8, 4) is 0 Å². The zero-order valence-electron chi connectivity index (χ0n) is 11.5. The van der Waals surface area contributed by atoms with Crippen LogP contribution in [0.5, 0.6) is 0 Å². The van der Waals surface area contributed by atoms with Gasteiger partial charge in [-0.2, -0.15) is 0 Å². The van der Waals surface area contributed by atoms with Crippen LogP contribution in [0.4, 0.5) is 4.79 Å². The van der Waals surface area contributed by atoms with Crippen molar-refractivity contribution in [2.75, 3.05) is 26.7 Å². The Balaban J connectivity index is 2.15. The van der Waals surface area contributed by atoms with E-state index in [-0.39, 0.29) is 25.0 Å². The second-order valence-corrected chi connectivity index (χ2v) is 4.82. The highest BCUT2D eigenvalue weighted by Crippen LogP contribution is 2.18. The maximum absolute atomic E-state index is 11.5. The van der Waals surface area contributed by atoms with Gasteiger partial charge in [0.25, 0.3) is 0 Å². The van der Waals surface area contributed by atoms with Crippen LogP contribution in [0.3, 0.4) is 0 Å². The lowest BCUT2D eigenvalue weighted by Crippen LogP contribution is -2.46. The van der Waals surface area contributed by atoms with Gasteiger partial charge in [0.15, 0.2) is 0 Å². The van der Waals surface area contributed by atoms with Gasteiger partial charge in [0, 0.05) is 12.6 Å². The number of nitrogens with one attached hydrogen (secondary N) is 3. The minimum atomic E-state index is -0.462. The van der Waals surface area contributed by atoms with Crippen molar-refractivity contribution >= 4 is 17.8 Å². The first-order chi connectivity index (χ1) is 9.01. The summed E-state index contributed by atoms with van der Waals surface area (Å²) in [6, 6.07) is -0.248. The van der Waals surface area contributed by atoms with Crippen molar-refractivity contribution in [2.24, 2.45) is 0 Å². The lowest BCUT2D eigenvalue weighted by atomic mass is 10.4. The Kier molecular flexibility index (Phi) is 6.27. The summed E-state index contributed by atoms with van der Waals surface area (Å²) < 4.78 is 0. The van der Waals surface area contributed by atoms with E-state index in [1.807, 2.05) is 6.92 Å². The van der Waals surface area contributed by atoms with Gasteiger partial charge < -0.3 is 10.6 Å². The summed E-state index contributed by atoms with van der Waals surface area (Å²) in [6.07, 6.45) is 2.81. The maximum Gasteiger partial charge on any atom is 0.321 e. The van der Waals surface area contributed by atoms with Gasteiger partial charge in [-0.05, 0) is 26.3 Å². The summed E-state index contributed by atoms with van der Waals surface area (Å²) in [7, 11) is 1.66. The molecule has 1 rings (SSSR count). The molecule has 0 saturated heterocycles. The predicted octanol–water partition coefficient (Wildman–Crippen LogP) is -0.567. The zero-order valence-corrected chi connectivity index (χ0v) is 11.5. The molecule has 0 aromatic rings. The van der Waals surface area contributed by atoms with Crippen LogP contribution in [-0.2, 0) is 9.59 Å². The van der Waals surface area contributed by atoms with Gasteiger partial charge in [0.05, 0.1) is 13.1 Å². The molecule has 0 bridgehead atoms. The first-order valence-corrected chi connectivity index (χ1v) is 6.56. The highest BCUT2D eigenvalue weighted by atomic mass is 16.2. The van der Waals surface area contributed by atoms with E-state index in [0.29, 0.717) is 6.54 Å². The Bertz CT molecular complexity index is 342. The highest BCUT2D eigenvalue weighted by molar-refractivity contribution is 5.95. The minimum absolute atomic E-state index is 0.0115. The van der Waals surface area contributed by atoms with Gasteiger partial charge >= 0.3 is 6.03 Å². The molecule has 1 saturated carbocycles. The Morgan fingerprint density at radius 2 is 1.79 bits per heavy atom. The number of amides is 4.